The predicted octanol–water partition coefficient (Wildman–Crippen LogP) is 4.23. The van der Waals surface area contributed by atoms with Crippen molar-refractivity contribution in [3.05, 3.63) is 35.4 Å². The van der Waals surface area contributed by atoms with E-state index in [-0.39, 0.29) is 29.9 Å². The number of likely N-dealkylation sites (tertiary alicyclic amines) is 1. The number of carbonyl (C=O) groups is 3. The fourth-order valence-electron chi connectivity index (χ4n) is 6.38. The van der Waals surface area contributed by atoms with Gasteiger partial charge in [0.15, 0.2) is 0 Å². The Labute approximate surface area is 215 Å². The highest BCUT2D eigenvalue weighted by atomic mass is 16.6. The first-order valence-corrected chi connectivity index (χ1v) is 13.9. The van der Waals surface area contributed by atoms with Crippen LogP contribution in [0.25, 0.3) is 0 Å². The van der Waals surface area contributed by atoms with E-state index in [1.807, 2.05) is 19.1 Å². The van der Waals surface area contributed by atoms with Crippen molar-refractivity contribution in [2.24, 2.45) is 17.8 Å². The zero-order chi connectivity index (χ0) is 25.8. The van der Waals surface area contributed by atoms with Gasteiger partial charge < -0.3 is 20.3 Å². The molecule has 0 spiro atoms. The smallest absolute Gasteiger partial charge is 0.408 e. The lowest BCUT2D eigenvalue weighted by molar-refractivity contribution is -0.141. The standard InChI is InChI=1S/C29H43N3O4/c1-18(2)15-20(4)30-27(33)24-12-8-14-32(24)28(34)26(23-16-21-10-5-6-11-22(21)17-23)31-29(35)36-25-13-7-9-19(25)3/h5-6,10-11,18-20,23-26H,7-9,12-17H2,1-4H3,(H,30,33)(H,31,35). The summed E-state index contributed by atoms with van der Waals surface area (Å²) in [5.41, 5.74) is 2.44. The molecule has 5 atom stereocenters. The van der Waals surface area contributed by atoms with Crippen LogP contribution in [0, 0.1) is 17.8 Å². The van der Waals surface area contributed by atoms with Gasteiger partial charge in [0.1, 0.15) is 18.2 Å². The topological polar surface area (TPSA) is 87.7 Å². The molecule has 2 fully saturated rings. The first kappa shape index (κ1) is 26.5. The number of nitrogens with zero attached hydrogens (tertiary/aromatic N) is 1. The van der Waals surface area contributed by atoms with Gasteiger partial charge in [-0.05, 0) is 87.2 Å². The van der Waals surface area contributed by atoms with E-state index < -0.39 is 18.2 Å². The second kappa shape index (κ2) is 11.7. The van der Waals surface area contributed by atoms with E-state index in [2.05, 4.69) is 43.5 Å². The van der Waals surface area contributed by atoms with E-state index in [0.29, 0.717) is 24.8 Å². The third-order valence-corrected chi connectivity index (χ3v) is 8.19. The van der Waals surface area contributed by atoms with E-state index in [4.69, 9.17) is 4.74 Å². The first-order chi connectivity index (χ1) is 17.2. The Morgan fingerprint density at radius 1 is 1.00 bits per heavy atom. The van der Waals surface area contributed by atoms with Gasteiger partial charge in [-0.2, -0.15) is 0 Å². The van der Waals surface area contributed by atoms with Crippen LogP contribution in [0.1, 0.15) is 77.3 Å². The van der Waals surface area contributed by atoms with Gasteiger partial charge >= 0.3 is 6.09 Å². The summed E-state index contributed by atoms with van der Waals surface area (Å²) in [6, 6.07) is 7.06. The van der Waals surface area contributed by atoms with Crippen molar-refractivity contribution in [2.75, 3.05) is 6.54 Å². The lowest BCUT2D eigenvalue weighted by Crippen LogP contribution is -2.57. The lowest BCUT2D eigenvalue weighted by atomic mass is 9.95. The molecule has 1 aliphatic heterocycles. The molecule has 4 rings (SSSR count). The molecule has 198 valence electrons. The maximum atomic E-state index is 14.0. The zero-order valence-electron chi connectivity index (χ0n) is 22.3. The van der Waals surface area contributed by atoms with Crippen LogP contribution in [-0.2, 0) is 27.2 Å². The molecule has 7 nitrogen and oxygen atoms in total. The summed E-state index contributed by atoms with van der Waals surface area (Å²) in [5, 5.41) is 6.07. The van der Waals surface area contributed by atoms with Crippen LogP contribution in [0.3, 0.4) is 0 Å². The number of rotatable bonds is 8. The lowest BCUT2D eigenvalue weighted by Gasteiger charge is -2.32. The van der Waals surface area contributed by atoms with Crippen LogP contribution in [0.4, 0.5) is 4.79 Å². The highest BCUT2D eigenvalue weighted by molar-refractivity contribution is 5.92. The summed E-state index contributed by atoms with van der Waals surface area (Å²) in [5.74, 6) is 0.490. The van der Waals surface area contributed by atoms with Gasteiger partial charge in [-0.25, -0.2) is 4.79 Å². The van der Waals surface area contributed by atoms with Crippen LogP contribution in [0.15, 0.2) is 24.3 Å². The summed E-state index contributed by atoms with van der Waals surface area (Å²) in [4.78, 5) is 41.8. The van der Waals surface area contributed by atoms with Gasteiger partial charge in [0.05, 0.1) is 0 Å². The second-order valence-electron chi connectivity index (χ2n) is 11.6. The second-order valence-corrected chi connectivity index (χ2v) is 11.6. The fraction of sp³-hybridized carbons (Fsp3) is 0.690. The van der Waals surface area contributed by atoms with Gasteiger partial charge in [-0.1, -0.05) is 45.0 Å². The van der Waals surface area contributed by atoms with Crippen molar-refractivity contribution in [3.63, 3.8) is 0 Å². The van der Waals surface area contributed by atoms with Gasteiger partial charge in [0.2, 0.25) is 11.8 Å². The van der Waals surface area contributed by atoms with Crippen molar-refractivity contribution in [1.82, 2.24) is 15.5 Å². The Kier molecular flexibility index (Phi) is 8.58. The maximum Gasteiger partial charge on any atom is 0.408 e. The molecule has 2 N–H and O–H groups in total. The number of alkyl carbamates (subject to hydrolysis) is 1. The minimum absolute atomic E-state index is 0.0525. The molecule has 2 aliphatic carbocycles. The number of benzene rings is 1. The van der Waals surface area contributed by atoms with Crippen molar-refractivity contribution in [1.29, 1.82) is 0 Å². The summed E-state index contributed by atoms with van der Waals surface area (Å²) >= 11 is 0. The average molecular weight is 498 g/mol. The molecular formula is C29H43N3O4. The minimum atomic E-state index is -0.719. The number of fused-ring (bicyclic) bond motifs is 1. The molecule has 1 aromatic carbocycles. The zero-order valence-corrected chi connectivity index (χ0v) is 22.3. The third kappa shape index (κ3) is 6.22. The predicted molar refractivity (Wildman–Crippen MR) is 139 cm³/mol. The molecule has 5 unspecified atom stereocenters. The molecule has 3 aliphatic rings. The molecule has 1 heterocycles. The molecule has 1 saturated heterocycles. The SMILES string of the molecule is CC(C)CC(C)NC(=O)C1CCCN1C(=O)C(NC(=O)OC1CCCC1C)C1Cc2ccccc2C1. The van der Waals surface area contributed by atoms with E-state index in [1.54, 1.807) is 4.90 Å². The molecular weight excluding hydrogens is 454 g/mol. The Morgan fingerprint density at radius 2 is 1.69 bits per heavy atom. The highest BCUT2D eigenvalue weighted by Crippen LogP contribution is 2.32. The number of amides is 3. The minimum Gasteiger partial charge on any atom is -0.446 e. The summed E-state index contributed by atoms with van der Waals surface area (Å²) in [6.07, 6.45) is 6.12. The third-order valence-electron chi connectivity index (χ3n) is 8.19. The first-order valence-electron chi connectivity index (χ1n) is 13.9. The Morgan fingerprint density at radius 3 is 2.31 bits per heavy atom. The van der Waals surface area contributed by atoms with E-state index in [0.717, 1.165) is 44.9 Å². The van der Waals surface area contributed by atoms with Gasteiger partial charge in [-0.15, -0.1) is 0 Å². The molecule has 36 heavy (non-hydrogen) atoms. The maximum absolute atomic E-state index is 14.0. The highest BCUT2D eigenvalue weighted by Gasteiger charge is 2.42. The fourth-order valence-corrected chi connectivity index (χ4v) is 6.38. The van der Waals surface area contributed by atoms with Crippen molar-refractivity contribution in [2.45, 2.75) is 103 Å². The number of carbonyl (C=O) groups excluding carboxylic acids is 3. The van der Waals surface area contributed by atoms with Crippen molar-refractivity contribution in [3.8, 4) is 0 Å². The quantitative estimate of drug-likeness (QED) is 0.563. The Hall–Kier alpha value is -2.57. The number of nitrogens with one attached hydrogen (secondary N) is 2. The van der Waals surface area contributed by atoms with Crippen LogP contribution in [0.2, 0.25) is 0 Å². The molecule has 7 heteroatoms. The average Bonchev–Trinajstić information content (AvgIpc) is 3.56. The van der Waals surface area contributed by atoms with Crippen molar-refractivity contribution >= 4 is 17.9 Å². The van der Waals surface area contributed by atoms with Crippen LogP contribution in [0.5, 0.6) is 0 Å². The van der Waals surface area contributed by atoms with E-state index in [9.17, 15) is 14.4 Å². The summed E-state index contributed by atoms with van der Waals surface area (Å²) < 4.78 is 5.77. The van der Waals surface area contributed by atoms with Crippen LogP contribution in [-0.4, -0.2) is 53.6 Å². The largest absolute Gasteiger partial charge is 0.446 e. The van der Waals surface area contributed by atoms with Crippen LogP contribution >= 0.6 is 0 Å². The monoisotopic (exact) mass is 497 g/mol. The van der Waals surface area contributed by atoms with E-state index >= 15 is 0 Å². The molecule has 0 radical (unpaired) electrons. The van der Waals surface area contributed by atoms with Gasteiger partial charge in [0.25, 0.3) is 0 Å². The molecule has 1 aromatic rings. The Balaban J connectivity index is 1.48. The normalized spacial score (nSPS) is 25.5. The number of hydrogen-bond donors (Lipinski definition) is 2. The van der Waals surface area contributed by atoms with Gasteiger partial charge in [0, 0.05) is 12.6 Å². The number of hydrogen-bond acceptors (Lipinski definition) is 4. The molecule has 0 bridgehead atoms. The van der Waals surface area contributed by atoms with Gasteiger partial charge in [-0.3, -0.25) is 9.59 Å². The number of ether oxygens (including phenoxy) is 1. The summed E-state index contributed by atoms with van der Waals surface area (Å²) in [7, 11) is 0. The Bertz CT molecular complexity index is 923. The van der Waals surface area contributed by atoms with Crippen molar-refractivity contribution < 1.29 is 19.1 Å². The molecule has 1 saturated carbocycles. The summed E-state index contributed by atoms with van der Waals surface area (Å²) in [6.45, 7) is 8.92. The van der Waals surface area contributed by atoms with Crippen LogP contribution < -0.4 is 10.6 Å². The van der Waals surface area contributed by atoms with E-state index in [1.165, 1.54) is 11.1 Å². The molecule has 3 amide bonds. The molecule has 0 aromatic heterocycles.